The summed E-state index contributed by atoms with van der Waals surface area (Å²) in [6.07, 6.45) is 2.58. The van der Waals surface area contributed by atoms with Crippen molar-refractivity contribution in [1.82, 2.24) is 0 Å². The average Bonchev–Trinajstić information content (AvgIpc) is 2.03. The summed E-state index contributed by atoms with van der Waals surface area (Å²) >= 11 is 0. The van der Waals surface area contributed by atoms with Crippen LogP contribution in [0.5, 0.6) is 0 Å². The van der Waals surface area contributed by atoms with Crippen LogP contribution in [0.25, 0.3) is 0 Å². The van der Waals surface area contributed by atoms with Crippen molar-refractivity contribution in [3.63, 3.8) is 0 Å². The van der Waals surface area contributed by atoms with Gasteiger partial charge in [0.15, 0.2) is 0 Å². The average molecular weight is 152 g/mol. The second-order valence-electron chi connectivity index (χ2n) is 2.27. The predicted molar refractivity (Wildman–Crippen MR) is 49.0 cm³/mol. The van der Waals surface area contributed by atoms with E-state index in [-0.39, 0.29) is 0 Å². The molecule has 1 aromatic rings. The Morgan fingerprint density at radius 2 is 1.90 bits per heavy atom. The highest BCUT2D eigenvalue weighted by molar-refractivity contribution is 7.37. The molecular weight excluding hydrogens is 139 g/mol. The van der Waals surface area contributed by atoms with Gasteiger partial charge in [0.05, 0.1) is 0 Å². The predicted octanol–water partition coefficient (Wildman–Crippen LogP) is 2.89. The van der Waals surface area contributed by atoms with E-state index in [9.17, 15) is 0 Å². The third kappa shape index (κ3) is 2.49. The van der Waals surface area contributed by atoms with Crippen molar-refractivity contribution in [2.75, 3.05) is 6.16 Å². The van der Waals surface area contributed by atoms with Crippen LogP contribution < -0.4 is 0 Å². The highest BCUT2D eigenvalue weighted by Gasteiger charge is 1.87. The fraction of sp³-hybridized carbons (Fsp3) is 0.333. The first kappa shape index (κ1) is 7.75. The zero-order valence-corrected chi connectivity index (χ0v) is 7.30. The second kappa shape index (κ2) is 4.46. The molecule has 0 nitrogen and oxygen atoms in total. The summed E-state index contributed by atoms with van der Waals surface area (Å²) < 4.78 is 0. The third-order valence-corrected chi connectivity index (χ3v) is 2.58. The van der Waals surface area contributed by atoms with Crippen LogP contribution in [0, 0.1) is 0 Å². The van der Waals surface area contributed by atoms with Crippen molar-refractivity contribution in [3.05, 3.63) is 35.9 Å². The van der Waals surface area contributed by atoms with Crippen molar-refractivity contribution >= 4 is 8.58 Å². The van der Waals surface area contributed by atoms with Crippen LogP contribution in [0.3, 0.4) is 0 Å². The van der Waals surface area contributed by atoms with E-state index in [2.05, 4.69) is 37.3 Å². The zero-order chi connectivity index (χ0) is 7.23. The molecule has 10 heavy (non-hydrogen) atoms. The second-order valence-corrected chi connectivity index (χ2v) is 3.83. The normalized spacial score (nSPS) is 10.9. The van der Waals surface area contributed by atoms with E-state index >= 15 is 0 Å². The fourth-order valence-electron chi connectivity index (χ4n) is 0.865. The first-order valence-corrected chi connectivity index (χ1v) is 5.09. The first-order chi connectivity index (χ1) is 4.93. The first-order valence-electron chi connectivity index (χ1n) is 3.68. The van der Waals surface area contributed by atoms with E-state index in [4.69, 9.17) is 0 Å². The third-order valence-electron chi connectivity index (χ3n) is 1.42. The Morgan fingerprint density at radius 3 is 2.50 bits per heavy atom. The number of rotatable bonds is 3. The van der Waals surface area contributed by atoms with E-state index in [1.807, 2.05) is 0 Å². The molecule has 1 rings (SSSR count). The lowest BCUT2D eigenvalue weighted by atomic mass is 10.2. The molecular formula is C9H13P. The van der Waals surface area contributed by atoms with Gasteiger partial charge in [-0.05, 0) is 17.9 Å². The standard InChI is InChI=1S/C9H13P/c1-2-10-8-9-6-4-3-5-7-9/h3-7,10H,2,8H2,1H3. The minimum absolute atomic E-state index is 1.09. The van der Waals surface area contributed by atoms with E-state index in [0.717, 1.165) is 8.58 Å². The summed E-state index contributed by atoms with van der Waals surface area (Å²) in [6.45, 7) is 2.24. The Hall–Kier alpha value is -0.350. The molecule has 0 N–H and O–H groups in total. The summed E-state index contributed by atoms with van der Waals surface area (Å²) in [4.78, 5) is 0. The summed E-state index contributed by atoms with van der Waals surface area (Å²) in [7, 11) is 1.09. The maximum Gasteiger partial charge on any atom is -0.0101 e. The molecule has 0 spiro atoms. The fourth-order valence-corrected chi connectivity index (χ4v) is 1.64. The van der Waals surface area contributed by atoms with Crippen molar-refractivity contribution in [3.8, 4) is 0 Å². The Balaban J connectivity index is 2.43. The Morgan fingerprint density at radius 1 is 1.20 bits per heavy atom. The van der Waals surface area contributed by atoms with Gasteiger partial charge in [-0.2, -0.15) is 0 Å². The summed E-state index contributed by atoms with van der Waals surface area (Å²) in [5, 5.41) is 0. The van der Waals surface area contributed by atoms with E-state index < -0.39 is 0 Å². The quantitative estimate of drug-likeness (QED) is 0.584. The SMILES string of the molecule is CCPCc1ccccc1. The van der Waals surface area contributed by atoms with Gasteiger partial charge in [0.25, 0.3) is 0 Å². The highest BCUT2D eigenvalue weighted by atomic mass is 31.1. The van der Waals surface area contributed by atoms with Crippen LogP contribution in [-0.2, 0) is 6.16 Å². The molecule has 0 aromatic heterocycles. The molecule has 1 aromatic carbocycles. The molecule has 0 saturated carbocycles. The lowest BCUT2D eigenvalue weighted by Crippen LogP contribution is -1.75. The molecule has 0 fully saturated rings. The molecule has 0 aliphatic heterocycles. The molecule has 0 aliphatic carbocycles. The maximum atomic E-state index is 2.24. The monoisotopic (exact) mass is 152 g/mol. The Kier molecular flexibility index (Phi) is 3.46. The molecule has 1 heteroatoms. The van der Waals surface area contributed by atoms with E-state index in [1.54, 1.807) is 0 Å². The van der Waals surface area contributed by atoms with Gasteiger partial charge in [0, 0.05) is 0 Å². The minimum Gasteiger partial charge on any atom is -0.118 e. The Labute approximate surface area is 64.4 Å². The van der Waals surface area contributed by atoms with Gasteiger partial charge in [-0.3, -0.25) is 0 Å². The molecule has 1 atom stereocenters. The molecule has 0 amide bonds. The van der Waals surface area contributed by atoms with Gasteiger partial charge in [0.1, 0.15) is 0 Å². The van der Waals surface area contributed by atoms with Crippen LogP contribution in [0.2, 0.25) is 0 Å². The highest BCUT2D eigenvalue weighted by Crippen LogP contribution is 2.16. The largest absolute Gasteiger partial charge is 0.118 e. The minimum atomic E-state index is 1.09. The number of hydrogen-bond acceptors (Lipinski definition) is 0. The van der Waals surface area contributed by atoms with Crippen LogP contribution in [-0.4, -0.2) is 6.16 Å². The van der Waals surface area contributed by atoms with Gasteiger partial charge in [0.2, 0.25) is 0 Å². The summed E-state index contributed by atoms with van der Waals surface area (Å²) in [6, 6.07) is 10.7. The van der Waals surface area contributed by atoms with E-state index in [1.165, 1.54) is 17.9 Å². The topological polar surface area (TPSA) is 0 Å². The van der Waals surface area contributed by atoms with E-state index in [0.29, 0.717) is 0 Å². The molecule has 1 unspecified atom stereocenters. The van der Waals surface area contributed by atoms with Crippen molar-refractivity contribution in [2.24, 2.45) is 0 Å². The van der Waals surface area contributed by atoms with Crippen LogP contribution in [0.1, 0.15) is 12.5 Å². The smallest absolute Gasteiger partial charge is 0.0101 e. The lowest BCUT2D eigenvalue weighted by Gasteiger charge is -1.96. The molecule has 0 radical (unpaired) electrons. The van der Waals surface area contributed by atoms with Gasteiger partial charge >= 0.3 is 0 Å². The van der Waals surface area contributed by atoms with Crippen molar-refractivity contribution in [1.29, 1.82) is 0 Å². The van der Waals surface area contributed by atoms with Gasteiger partial charge < -0.3 is 0 Å². The maximum absolute atomic E-state index is 2.24. The lowest BCUT2D eigenvalue weighted by molar-refractivity contribution is 1.38. The molecule has 0 bridgehead atoms. The van der Waals surface area contributed by atoms with Crippen LogP contribution >= 0.6 is 8.58 Å². The van der Waals surface area contributed by atoms with Crippen molar-refractivity contribution in [2.45, 2.75) is 13.1 Å². The van der Waals surface area contributed by atoms with Gasteiger partial charge in [-0.15, -0.1) is 8.58 Å². The summed E-state index contributed by atoms with van der Waals surface area (Å²) in [5.74, 6) is 0. The Bertz CT molecular complexity index is 169. The molecule has 0 aliphatic rings. The molecule has 0 heterocycles. The molecule has 0 saturated heterocycles. The molecule has 54 valence electrons. The van der Waals surface area contributed by atoms with Crippen LogP contribution in [0.4, 0.5) is 0 Å². The number of hydrogen-bond donors (Lipinski definition) is 0. The summed E-state index contributed by atoms with van der Waals surface area (Å²) in [5.41, 5.74) is 1.47. The van der Waals surface area contributed by atoms with Gasteiger partial charge in [-0.1, -0.05) is 37.3 Å². The van der Waals surface area contributed by atoms with Crippen molar-refractivity contribution < 1.29 is 0 Å². The zero-order valence-electron chi connectivity index (χ0n) is 6.30. The van der Waals surface area contributed by atoms with Crippen LogP contribution in [0.15, 0.2) is 30.3 Å². The number of benzene rings is 1. The van der Waals surface area contributed by atoms with Gasteiger partial charge in [-0.25, -0.2) is 0 Å².